The third kappa shape index (κ3) is 2.06. The van der Waals surface area contributed by atoms with E-state index in [1.807, 2.05) is 12.1 Å². The van der Waals surface area contributed by atoms with Gasteiger partial charge in [0, 0.05) is 0 Å². The molecule has 0 radical (unpaired) electrons. The van der Waals surface area contributed by atoms with E-state index >= 15 is 0 Å². The fraction of sp³-hybridized carbons (Fsp3) is 0. The molecule has 0 spiro atoms. The Hall–Kier alpha value is -0.383. The van der Waals surface area contributed by atoms with Crippen LogP contribution in [0.4, 0.5) is 0 Å². The Labute approximate surface area is 61.3 Å². The van der Waals surface area contributed by atoms with Crippen molar-refractivity contribution >= 4 is 0 Å². The molecule has 0 aliphatic heterocycles. The van der Waals surface area contributed by atoms with Gasteiger partial charge in [0.25, 0.3) is 0 Å². The van der Waals surface area contributed by atoms with Crippen LogP contribution in [0.5, 0.6) is 0 Å². The zero-order valence-electron chi connectivity index (χ0n) is 4.96. The minimum Gasteiger partial charge on any atom is -0.291 e. The summed E-state index contributed by atoms with van der Waals surface area (Å²) < 4.78 is 0. The van der Waals surface area contributed by atoms with Crippen LogP contribution in [0.25, 0.3) is 0 Å². The quantitative estimate of drug-likeness (QED) is 0.278. The van der Waals surface area contributed by atoms with Crippen molar-refractivity contribution in [2.45, 2.75) is 0 Å². The summed E-state index contributed by atoms with van der Waals surface area (Å²) in [6.45, 7) is 3.68. The Kier molecular flexibility index (Phi) is 3.43. The maximum atomic E-state index is 3.81. The molecule has 0 bridgehead atoms. The Morgan fingerprint density at radius 3 is 2.00 bits per heavy atom. The van der Waals surface area contributed by atoms with E-state index in [1.165, 1.54) is 0 Å². The van der Waals surface area contributed by atoms with Gasteiger partial charge < -0.3 is 0 Å². The zero-order valence-corrected chi connectivity index (χ0v) is 4.96. The summed E-state index contributed by atoms with van der Waals surface area (Å²) in [5.41, 5.74) is 1.01. The van der Waals surface area contributed by atoms with E-state index in [0.717, 1.165) is 5.56 Å². The molecular formula is C6H6LiN. The molecule has 0 amide bonds. The summed E-state index contributed by atoms with van der Waals surface area (Å²) in [5.74, 6) is 0. The van der Waals surface area contributed by atoms with Gasteiger partial charge in [-0.15, -0.1) is 12.1 Å². The molecule has 0 aliphatic rings. The molecule has 0 unspecified atom stereocenters. The molecule has 0 atom stereocenters. The average Bonchev–Trinajstić information content (AvgIpc) is 1.69. The first-order chi connectivity index (χ1) is 3.39. The van der Waals surface area contributed by atoms with Crippen LogP contribution >= 0.6 is 0 Å². The van der Waals surface area contributed by atoms with Gasteiger partial charge >= 0.3 is 18.9 Å². The standard InChI is InChI=1S/C6H6N.Li/c1-6-2-4-7-5-3-6;/h2-5H,1H2;/q-1;+1. The minimum absolute atomic E-state index is 0. The molecule has 0 fully saturated rings. The van der Waals surface area contributed by atoms with Gasteiger partial charge in [-0.2, -0.15) is 12.5 Å². The van der Waals surface area contributed by atoms with Crippen molar-refractivity contribution in [2.24, 2.45) is 0 Å². The summed E-state index contributed by atoms with van der Waals surface area (Å²) in [6, 6.07) is 3.72. The Morgan fingerprint density at radius 1 is 1.25 bits per heavy atom. The predicted octanol–water partition coefficient (Wildman–Crippen LogP) is -1.73. The maximum absolute atomic E-state index is 3.81. The van der Waals surface area contributed by atoms with E-state index in [-0.39, 0.29) is 18.9 Å². The van der Waals surface area contributed by atoms with Crippen LogP contribution in [-0.4, -0.2) is 4.98 Å². The van der Waals surface area contributed by atoms with Crippen molar-refractivity contribution in [3.05, 3.63) is 37.0 Å². The number of pyridine rings is 1. The van der Waals surface area contributed by atoms with Crippen molar-refractivity contribution in [1.29, 1.82) is 0 Å². The summed E-state index contributed by atoms with van der Waals surface area (Å²) in [5, 5.41) is 0. The molecule has 1 heterocycles. The first-order valence-electron chi connectivity index (χ1n) is 2.11. The van der Waals surface area contributed by atoms with Crippen molar-refractivity contribution in [3.8, 4) is 0 Å². The minimum atomic E-state index is 0. The number of hydrogen-bond donors (Lipinski definition) is 0. The van der Waals surface area contributed by atoms with Crippen LogP contribution < -0.4 is 18.9 Å². The van der Waals surface area contributed by atoms with Gasteiger partial charge in [0.15, 0.2) is 0 Å². The monoisotopic (exact) mass is 99.1 g/mol. The molecule has 1 aromatic rings. The van der Waals surface area contributed by atoms with E-state index in [1.54, 1.807) is 12.4 Å². The normalized spacial score (nSPS) is 7.50. The second kappa shape index (κ2) is 3.60. The average molecular weight is 99.1 g/mol. The van der Waals surface area contributed by atoms with Crippen LogP contribution in [0.2, 0.25) is 0 Å². The summed E-state index contributed by atoms with van der Waals surface area (Å²) in [4.78, 5) is 3.81. The SMILES string of the molecule is [CH2-]c1ccncc1.[Li+]. The molecule has 0 aromatic carbocycles. The van der Waals surface area contributed by atoms with Crippen LogP contribution in [0.1, 0.15) is 5.56 Å². The van der Waals surface area contributed by atoms with Gasteiger partial charge in [-0.3, -0.25) is 4.98 Å². The second-order valence-electron chi connectivity index (χ2n) is 1.36. The van der Waals surface area contributed by atoms with Gasteiger partial charge in [-0.05, 0) is 12.4 Å². The predicted molar refractivity (Wildman–Crippen MR) is 28.7 cm³/mol. The fourth-order valence-corrected chi connectivity index (χ4v) is 0.383. The van der Waals surface area contributed by atoms with E-state index < -0.39 is 0 Å². The van der Waals surface area contributed by atoms with Crippen molar-refractivity contribution in [3.63, 3.8) is 0 Å². The first kappa shape index (κ1) is 7.62. The fourth-order valence-electron chi connectivity index (χ4n) is 0.383. The topological polar surface area (TPSA) is 12.9 Å². The van der Waals surface area contributed by atoms with Gasteiger partial charge in [0.1, 0.15) is 0 Å². The van der Waals surface area contributed by atoms with Crippen LogP contribution in [0, 0.1) is 6.92 Å². The second-order valence-corrected chi connectivity index (χ2v) is 1.36. The molecule has 8 heavy (non-hydrogen) atoms. The molecule has 0 saturated heterocycles. The number of rotatable bonds is 0. The first-order valence-corrected chi connectivity index (χ1v) is 2.11. The summed E-state index contributed by atoms with van der Waals surface area (Å²) in [7, 11) is 0. The number of nitrogens with zero attached hydrogens (tertiary/aromatic N) is 1. The Balaban J connectivity index is 0.000000490. The Bertz CT molecular complexity index is 138. The van der Waals surface area contributed by atoms with E-state index in [9.17, 15) is 0 Å². The molecule has 0 saturated carbocycles. The largest absolute Gasteiger partial charge is 1.00 e. The number of aromatic nitrogens is 1. The summed E-state index contributed by atoms with van der Waals surface area (Å²) >= 11 is 0. The molecule has 2 heteroatoms. The van der Waals surface area contributed by atoms with E-state index in [2.05, 4.69) is 11.9 Å². The summed E-state index contributed by atoms with van der Waals surface area (Å²) in [6.07, 6.45) is 3.45. The molecule has 0 N–H and O–H groups in total. The smallest absolute Gasteiger partial charge is 0.291 e. The van der Waals surface area contributed by atoms with E-state index in [4.69, 9.17) is 0 Å². The van der Waals surface area contributed by atoms with Crippen molar-refractivity contribution in [1.82, 2.24) is 4.98 Å². The van der Waals surface area contributed by atoms with Crippen LogP contribution in [0.3, 0.4) is 0 Å². The molecule has 36 valence electrons. The number of hydrogen-bond acceptors (Lipinski definition) is 1. The molecular weight excluding hydrogens is 93.0 g/mol. The van der Waals surface area contributed by atoms with Gasteiger partial charge in [-0.1, -0.05) is 0 Å². The van der Waals surface area contributed by atoms with Crippen LogP contribution in [0.15, 0.2) is 24.5 Å². The van der Waals surface area contributed by atoms with Crippen LogP contribution in [-0.2, 0) is 0 Å². The van der Waals surface area contributed by atoms with Gasteiger partial charge in [0.2, 0.25) is 0 Å². The van der Waals surface area contributed by atoms with Gasteiger partial charge in [0.05, 0.1) is 0 Å². The van der Waals surface area contributed by atoms with Gasteiger partial charge in [-0.25, -0.2) is 0 Å². The molecule has 1 nitrogen and oxygen atoms in total. The van der Waals surface area contributed by atoms with Crippen molar-refractivity contribution in [2.75, 3.05) is 0 Å². The third-order valence-electron chi connectivity index (χ3n) is 0.749. The maximum Gasteiger partial charge on any atom is 1.00 e. The molecule has 0 aliphatic carbocycles. The zero-order chi connectivity index (χ0) is 5.11. The third-order valence-corrected chi connectivity index (χ3v) is 0.749. The molecule has 1 rings (SSSR count). The van der Waals surface area contributed by atoms with E-state index in [0.29, 0.717) is 0 Å². The molecule has 1 aromatic heterocycles. The Morgan fingerprint density at radius 2 is 1.75 bits per heavy atom. The van der Waals surface area contributed by atoms with Crippen molar-refractivity contribution < 1.29 is 18.9 Å².